The third-order valence-electron chi connectivity index (χ3n) is 5.20. The van der Waals surface area contributed by atoms with E-state index in [2.05, 4.69) is 20.8 Å². The van der Waals surface area contributed by atoms with Crippen molar-refractivity contribution in [3.8, 4) is 5.75 Å². The normalized spacial score (nSPS) is 26.0. The summed E-state index contributed by atoms with van der Waals surface area (Å²) >= 11 is 0. The van der Waals surface area contributed by atoms with Crippen molar-refractivity contribution in [1.82, 2.24) is 15.5 Å². The Morgan fingerprint density at radius 2 is 2.07 bits per heavy atom. The van der Waals surface area contributed by atoms with E-state index < -0.39 is 0 Å². The second-order valence-corrected chi connectivity index (χ2v) is 7.40. The number of rotatable bonds is 0. The quantitative estimate of drug-likeness (QED) is 0.650. The fourth-order valence-corrected chi connectivity index (χ4v) is 3.80. The Morgan fingerprint density at radius 3 is 3.00 bits per heavy atom. The van der Waals surface area contributed by atoms with Crippen LogP contribution in [0.5, 0.6) is 5.75 Å². The lowest BCUT2D eigenvalue weighted by atomic mass is 10.0. The van der Waals surface area contributed by atoms with Gasteiger partial charge < -0.3 is 20.1 Å². The lowest BCUT2D eigenvalue weighted by molar-refractivity contribution is 0.0996. The highest BCUT2D eigenvalue weighted by molar-refractivity contribution is 5.67. The molecule has 2 aliphatic rings. The summed E-state index contributed by atoms with van der Waals surface area (Å²) in [7, 11) is 0. The number of anilines is 2. The summed E-state index contributed by atoms with van der Waals surface area (Å²) in [4.78, 5) is 12.0. The predicted octanol–water partition coefficient (Wildman–Crippen LogP) is 4.08. The zero-order chi connectivity index (χ0) is 18.6. The minimum atomic E-state index is -0.324. The van der Waals surface area contributed by atoms with Crippen LogP contribution in [0.1, 0.15) is 50.6 Å². The molecule has 7 nitrogen and oxygen atoms in total. The number of fused-ring (bicyclic) bond motifs is 7. The van der Waals surface area contributed by atoms with Crippen molar-refractivity contribution < 1.29 is 14.3 Å². The van der Waals surface area contributed by atoms with Crippen molar-refractivity contribution in [3.05, 3.63) is 36.0 Å². The summed E-state index contributed by atoms with van der Waals surface area (Å²) in [5.74, 6) is 1.93. The first kappa shape index (κ1) is 17.7. The van der Waals surface area contributed by atoms with Gasteiger partial charge in [-0.05, 0) is 51.2 Å². The van der Waals surface area contributed by atoms with Gasteiger partial charge in [0, 0.05) is 36.0 Å². The van der Waals surface area contributed by atoms with Gasteiger partial charge in [-0.15, -0.1) is 0 Å². The van der Waals surface area contributed by atoms with Gasteiger partial charge in [0.05, 0.1) is 6.10 Å². The Labute approximate surface area is 158 Å². The molecule has 0 unspecified atom stereocenters. The molecule has 1 aliphatic heterocycles. The van der Waals surface area contributed by atoms with E-state index in [4.69, 9.17) is 9.47 Å². The summed E-state index contributed by atoms with van der Waals surface area (Å²) in [6.07, 6.45) is 4.09. The first-order valence-corrected chi connectivity index (χ1v) is 9.69. The maximum atomic E-state index is 12.0. The highest BCUT2D eigenvalue weighted by atomic mass is 16.6. The third-order valence-corrected chi connectivity index (χ3v) is 5.20. The molecule has 144 valence electrons. The van der Waals surface area contributed by atoms with Crippen LogP contribution < -0.4 is 15.4 Å². The van der Waals surface area contributed by atoms with E-state index >= 15 is 0 Å². The van der Waals surface area contributed by atoms with Gasteiger partial charge in [-0.1, -0.05) is 6.07 Å². The first-order chi connectivity index (χ1) is 13.2. The van der Waals surface area contributed by atoms with Gasteiger partial charge in [0.2, 0.25) is 0 Å². The van der Waals surface area contributed by atoms with Crippen molar-refractivity contribution in [1.29, 1.82) is 0 Å². The van der Waals surface area contributed by atoms with Crippen LogP contribution in [0.3, 0.4) is 0 Å². The molecular weight excluding hydrogens is 344 g/mol. The molecule has 0 saturated heterocycles. The number of H-pyrrole nitrogens is 1. The third kappa shape index (κ3) is 4.53. The number of carbonyl (C=O) groups is 1. The van der Waals surface area contributed by atoms with Crippen LogP contribution in [0.4, 0.5) is 16.3 Å². The Bertz CT molecular complexity index is 791. The van der Waals surface area contributed by atoms with E-state index in [1.165, 1.54) is 0 Å². The average molecular weight is 370 g/mol. The van der Waals surface area contributed by atoms with Crippen LogP contribution in [0.2, 0.25) is 0 Å². The minimum Gasteiger partial charge on any atom is -0.491 e. The van der Waals surface area contributed by atoms with Crippen LogP contribution >= 0.6 is 0 Å². The van der Waals surface area contributed by atoms with Gasteiger partial charge in [-0.3, -0.25) is 5.10 Å². The zero-order valence-electron chi connectivity index (χ0n) is 15.5. The number of benzene rings is 1. The molecule has 1 aromatic carbocycles. The molecule has 0 spiro atoms. The molecule has 27 heavy (non-hydrogen) atoms. The van der Waals surface area contributed by atoms with E-state index in [1.54, 1.807) is 0 Å². The number of amides is 1. The summed E-state index contributed by atoms with van der Waals surface area (Å²) in [5.41, 5.74) is 2.02. The smallest absolute Gasteiger partial charge is 0.407 e. The second-order valence-electron chi connectivity index (χ2n) is 7.40. The van der Waals surface area contributed by atoms with Crippen molar-refractivity contribution >= 4 is 17.6 Å². The molecule has 1 fully saturated rings. The predicted molar refractivity (Wildman–Crippen MR) is 103 cm³/mol. The largest absolute Gasteiger partial charge is 0.491 e. The molecular formula is C20H26N4O3. The molecule has 3 atom stereocenters. The van der Waals surface area contributed by atoms with Gasteiger partial charge in [0.15, 0.2) is 5.82 Å². The highest BCUT2D eigenvalue weighted by Crippen LogP contribution is 2.36. The molecule has 3 N–H and O–H groups in total. The van der Waals surface area contributed by atoms with Crippen LogP contribution in [0.25, 0.3) is 0 Å². The Hall–Kier alpha value is -2.70. The van der Waals surface area contributed by atoms with Gasteiger partial charge in [0.25, 0.3) is 0 Å². The summed E-state index contributed by atoms with van der Waals surface area (Å²) in [6.45, 7) is 2.63. The molecule has 1 aromatic heterocycles. The lowest BCUT2D eigenvalue weighted by Crippen LogP contribution is -2.29. The van der Waals surface area contributed by atoms with E-state index in [9.17, 15) is 4.79 Å². The number of carbonyl (C=O) groups excluding carboxylic acids is 1. The fourth-order valence-electron chi connectivity index (χ4n) is 3.80. The molecule has 1 saturated carbocycles. The van der Waals surface area contributed by atoms with Crippen molar-refractivity contribution in [2.24, 2.45) is 0 Å². The van der Waals surface area contributed by atoms with E-state index in [0.29, 0.717) is 12.5 Å². The standard InChI is InChI=1S/C20H26N4O3/c1-13-4-3-9-21-20(25)27-17-8-7-14(10-17)18-12-19(24-23-18)22-15-5-2-6-16(11-15)26-13/h2,5-6,11-14,17H,3-4,7-10H2,1H3,(H,21,25)(H2,22,23,24)/t13-,14+,17-/m1/s1. The maximum Gasteiger partial charge on any atom is 0.407 e. The Balaban J connectivity index is 1.53. The number of nitrogens with one attached hydrogen (secondary N) is 3. The van der Waals surface area contributed by atoms with Gasteiger partial charge in [-0.2, -0.15) is 5.10 Å². The number of hydrogen-bond donors (Lipinski definition) is 3. The number of ether oxygens (including phenoxy) is 2. The molecule has 0 radical (unpaired) electrons. The van der Waals surface area contributed by atoms with Gasteiger partial charge in [-0.25, -0.2) is 4.79 Å². The van der Waals surface area contributed by atoms with Crippen molar-refractivity contribution in [3.63, 3.8) is 0 Å². The van der Waals surface area contributed by atoms with Crippen LogP contribution in [0.15, 0.2) is 30.3 Å². The topological polar surface area (TPSA) is 88.3 Å². The summed E-state index contributed by atoms with van der Waals surface area (Å²) in [6, 6.07) is 9.93. The maximum absolute atomic E-state index is 12.0. The van der Waals surface area contributed by atoms with E-state index in [0.717, 1.165) is 55.1 Å². The second kappa shape index (κ2) is 7.90. The van der Waals surface area contributed by atoms with Gasteiger partial charge in [0.1, 0.15) is 11.9 Å². The van der Waals surface area contributed by atoms with Crippen LogP contribution in [0, 0.1) is 0 Å². The highest BCUT2D eigenvalue weighted by Gasteiger charge is 2.30. The SMILES string of the molecule is C[C@@H]1CCCNC(=O)O[C@@H]2CC[C@@H](C2)c2cc(n[nH]2)Nc2cccc(c2)O1. The van der Waals surface area contributed by atoms with E-state index in [-0.39, 0.29) is 18.3 Å². The molecule has 1 amide bonds. The molecule has 2 heterocycles. The Kier molecular flexibility index (Phi) is 5.18. The van der Waals surface area contributed by atoms with Crippen LogP contribution in [-0.2, 0) is 4.74 Å². The molecule has 4 rings (SSSR count). The van der Waals surface area contributed by atoms with E-state index in [1.807, 2.05) is 37.3 Å². The summed E-state index contributed by atoms with van der Waals surface area (Å²) < 4.78 is 11.6. The average Bonchev–Trinajstić information content (AvgIpc) is 3.28. The Morgan fingerprint density at radius 1 is 1.15 bits per heavy atom. The van der Waals surface area contributed by atoms with Gasteiger partial charge >= 0.3 is 6.09 Å². The molecule has 2 aromatic rings. The molecule has 1 aliphatic carbocycles. The fraction of sp³-hybridized carbons (Fsp3) is 0.500. The molecule has 6 bridgehead atoms. The first-order valence-electron chi connectivity index (χ1n) is 9.69. The van der Waals surface area contributed by atoms with Crippen molar-refractivity contribution in [2.75, 3.05) is 11.9 Å². The van der Waals surface area contributed by atoms with Crippen LogP contribution in [-0.4, -0.2) is 35.0 Å². The number of aromatic amines is 1. The summed E-state index contributed by atoms with van der Waals surface area (Å²) in [5, 5.41) is 13.7. The number of alkyl carbamates (subject to hydrolysis) is 1. The lowest BCUT2D eigenvalue weighted by Gasteiger charge is -2.16. The number of hydrogen-bond acceptors (Lipinski definition) is 5. The van der Waals surface area contributed by atoms with Crippen molar-refractivity contribution in [2.45, 2.75) is 57.2 Å². The number of nitrogens with zero attached hydrogens (tertiary/aromatic N) is 1. The minimum absolute atomic E-state index is 0.0347. The monoisotopic (exact) mass is 370 g/mol. The number of aromatic nitrogens is 2. The molecule has 7 heteroatoms. The zero-order valence-corrected chi connectivity index (χ0v) is 15.5.